The molecule has 0 bridgehead atoms. The van der Waals surface area contributed by atoms with Crippen LogP contribution in [0.4, 0.5) is 0 Å². The molecule has 1 atom stereocenters. The number of aryl methyl sites for hydroxylation is 1. The summed E-state index contributed by atoms with van der Waals surface area (Å²) in [5.41, 5.74) is 1.47. The molecule has 3 aromatic rings. The highest BCUT2D eigenvalue weighted by molar-refractivity contribution is 7.15. The minimum Gasteiger partial charge on any atom is -0.462 e. The first-order chi connectivity index (χ1) is 13.2. The predicted octanol–water partition coefficient (Wildman–Crippen LogP) is 3.93. The van der Waals surface area contributed by atoms with Gasteiger partial charge in [-0.1, -0.05) is 6.07 Å². The maximum atomic E-state index is 13.3. The molecular weight excluding hydrogens is 362 g/mol. The van der Waals surface area contributed by atoms with Gasteiger partial charge in [-0.25, -0.2) is 4.98 Å². The maximum Gasteiger partial charge on any atom is 0.274 e. The molecule has 1 unspecified atom stereocenters. The van der Waals surface area contributed by atoms with Gasteiger partial charge in [0.2, 0.25) is 0 Å². The molecule has 0 saturated carbocycles. The zero-order valence-corrected chi connectivity index (χ0v) is 15.9. The van der Waals surface area contributed by atoms with Gasteiger partial charge < -0.3 is 14.1 Å². The topological polar surface area (TPSA) is 68.5 Å². The number of aromatic nitrogens is 2. The highest BCUT2D eigenvalue weighted by atomic mass is 32.1. The van der Waals surface area contributed by atoms with Crippen molar-refractivity contribution in [1.82, 2.24) is 14.9 Å². The second kappa shape index (κ2) is 8.02. The molecule has 1 amide bonds. The third-order valence-corrected chi connectivity index (χ3v) is 5.55. The number of rotatable bonds is 6. The number of ether oxygens (including phenoxy) is 1. The van der Waals surface area contributed by atoms with Crippen LogP contribution in [0.5, 0.6) is 0 Å². The fraction of sp³-hybridized carbons (Fsp3) is 0.350. The first-order valence-electron chi connectivity index (χ1n) is 9.02. The molecule has 3 aromatic heterocycles. The normalized spacial score (nSPS) is 16.6. The zero-order chi connectivity index (χ0) is 18.6. The highest BCUT2D eigenvalue weighted by Crippen LogP contribution is 2.29. The Kier molecular flexibility index (Phi) is 5.31. The number of pyridine rings is 1. The van der Waals surface area contributed by atoms with Gasteiger partial charge in [0.15, 0.2) is 10.8 Å². The Bertz CT molecular complexity index is 887. The third-order valence-electron chi connectivity index (χ3n) is 4.56. The molecule has 4 rings (SSSR count). The van der Waals surface area contributed by atoms with Crippen molar-refractivity contribution in [3.63, 3.8) is 0 Å². The van der Waals surface area contributed by atoms with Gasteiger partial charge in [0.05, 0.1) is 12.4 Å². The zero-order valence-electron chi connectivity index (χ0n) is 15.1. The summed E-state index contributed by atoms with van der Waals surface area (Å²) in [6, 6.07) is 7.53. The summed E-state index contributed by atoms with van der Waals surface area (Å²) in [6.45, 7) is 3.73. The lowest BCUT2D eigenvalue weighted by molar-refractivity contribution is 0.0503. The number of nitrogens with zero attached hydrogens (tertiary/aromatic N) is 3. The van der Waals surface area contributed by atoms with Crippen molar-refractivity contribution in [2.45, 2.75) is 32.4 Å². The molecule has 6 nitrogen and oxygen atoms in total. The summed E-state index contributed by atoms with van der Waals surface area (Å²) in [5.74, 6) is 0.598. The Morgan fingerprint density at radius 1 is 1.37 bits per heavy atom. The van der Waals surface area contributed by atoms with E-state index in [0.717, 1.165) is 34.9 Å². The minimum atomic E-state index is -0.0825. The van der Waals surface area contributed by atoms with Crippen LogP contribution in [0.2, 0.25) is 0 Å². The van der Waals surface area contributed by atoms with Gasteiger partial charge in [0.1, 0.15) is 5.69 Å². The van der Waals surface area contributed by atoms with Crippen LogP contribution in [0, 0.1) is 6.92 Å². The van der Waals surface area contributed by atoms with E-state index in [9.17, 15) is 4.79 Å². The molecule has 4 heterocycles. The van der Waals surface area contributed by atoms with E-state index in [1.54, 1.807) is 18.7 Å². The first-order valence-corrected chi connectivity index (χ1v) is 9.83. The first kappa shape index (κ1) is 17.9. The number of furan rings is 1. The lowest BCUT2D eigenvalue weighted by Crippen LogP contribution is -2.37. The van der Waals surface area contributed by atoms with Crippen LogP contribution in [0.15, 0.2) is 47.3 Å². The van der Waals surface area contributed by atoms with Gasteiger partial charge in [-0.2, -0.15) is 0 Å². The number of hydrogen-bond donors (Lipinski definition) is 0. The number of thiazole rings is 1. The fourth-order valence-corrected chi connectivity index (χ4v) is 4.09. The second-order valence-corrected chi connectivity index (χ2v) is 7.79. The SMILES string of the molecule is Cc1sc(-c2ccco2)nc1C(=O)N(Cc1cccnc1)CC1CCCO1. The van der Waals surface area contributed by atoms with Crippen LogP contribution in [-0.2, 0) is 11.3 Å². The van der Waals surface area contributed by atoms with Crippen LogP contribution >= 0.6 is 11.3 Å². The monoisotopic (exact) mass is 383 g/mol. The van der Waals surface area contributed by atoms with Gasteiger partial charge in [-0.05, 0) is 43.5 Å². The van der Waals surface area contributed by atoms with Crippen LogP contribution < -0.4 is 0 Å². The molecule has 1 saturated heterocycles. The number of hydrogen-bond acceptors (Lipinski definition) is 6. The molecule has 1 aliphatic heterocycles. The van der Waals surface area contributed by atoms with Crippen LogP contribution in [0.25, 0.3) is 10.8 Å². The van der Waals surface area contributed by atoms with Crippen LogP contribution in [0.1, 0.15) is 33.8 Å². The van der Waals surface area contributed by atoms with Crippen molar-refractivity contribution >= 4 is 17.2 Å². The molecule has 0 spiro atoms. The maximum absolute atomic E-state index is 13.3. The number of amides is 1. The molecular formula is C20H21N3O3S. The Morgan fingerprint density at radius 2 is 2.30 bits per heavy atom. The molecule has 0 N–H and O–H groups in total. The standard InChI is InChI=1S/C20H21N3O3S/c1-14-18(22-19(27-14)17-7-4-10-26-17)20(24)23(13-16-6-3-9-25-16)12-15-5-2-8-21-11-15/h2,4-5,7-8,10-11,16H,3,6,9,12-13H2,1H3. The Hall–Kier alpha value is -2.51. The average molecular weight is 383 g/mol. The van der Waals surface area contributed by atoms with Crippen molar-refractivity contribution in [3.05, 3.63) is 59.1 Å². The Balaban J connectivity index is 1.59. The summed E-state index contributed by atoms with van der Waals surface area (Å²) in [5, 5.41) is 0.722. The van der Waals surface area contributed by atoms with Gasteiger partial charge in [-0.15, -0.1) is 11.3 Å². The number of carbonyl (C=O) groups excluding carboxylic acids is 1. The second-order valence-electron chi connectivity index (χ2n) is 6.58. The molecule has 140 valence electrons. The number of carbonyl (C=O) groups is 1. The molecule has 0 radical (unpaired) electrons. The molecule has 1 aliphatic rings. The largest absolute Gasteiger partial charge is 0.462 e. The predicted molar refractivity (Wildman–Crippen MR) is 103 cm³/mol. The van der Waals surface area contributed by atoms with Crippen molar-refractivity contribution in [2.24, 2.45) is 0 Å². The fourth-order valence-electron chi connectivity index (χ4n) is 3.22. The molecule has 27 heavy (non-hydrogen) atoms. The Morgan fingerprint density at radius 3 is 3.00 bits per heavy atom. The van der Waals surface area contributed by atoms with E-state index in [-0.39, 0.29) is 12.0 Å². The quantitative estimate of drug-likeness (QED) is 0.645. The summed E-state index contributed by atoms with van der Waals surface area (Å²) < 4.78 is 11.2. The van der Waals surface area contributed by atoms with Gasteiger partial charge in [0.25, 0.3) is 5.91 Å². The van der Waals surface area contributed by atoms with Crippen molar-refractivity contribution < 1.29 is 13.9 Å². The lowest BCUT2D eigenvalue weighted by Gasteiger charge is -2.25. The minimum absolute atomic E-state index is 0.0779. The van der Waals surface area contributed by atoms with E-state index in [4.69, 9.17) is 9.15 Å². The van der Waals surface area contributed by atoms with E-state index in [2.05, 4.69) is 9.97 Å². The van der Waals surface area contributed by atoms with Gasteiger partial charge in [-0.3, -0.25) is 9.78 Å². The molecule has 0 aromatic carbocycles. The summed E-state index contributed by atoms with van der Waals surface area (Å²) in [4.78, 5) is 24.7. The van der Waals surface area contributed by atoms with Gasteiger partial charge >= 0.3 is 0 Å². The van der Waals surface area contributed by atoms with Gasteiger partial charge in [0, 0.05) is 37.0 Å². The molecule has 7 heteroatoms. The van der Waals surface area contributed by atoms with E-state index in [1.165, 1.54) is 11.3 Å². The van der Waals surface area contributed by atoms with Crippen molar-refractivity contribution in [1.29, 1.82) is 0 Å². The smallest absolute Gasteiger partial charge is 0.274 e. The van der Waals surface area contributed by atoms with E-state index < -0.39 is 0 Å². The third kappa shape index (κ3) is 4.09. The Labute approximate surface area is 161 Å². The molecule has 0 aliphatic carbocycles. The van der Waals surface area contributed by atoms with Crippen LogP contribution in [-0.4, -0.2) is 40.0 Å². The highest BCUT2D eigenvalue weighted by Gasteiger charge is 2.27. The average Bonchev–Trinajstić information content (AvgIpc) is 3.43. The van der Waals surface area contributed by atoms with Crippen molar-refractivity contribution in [3.8, 4) is 10.8 Å². The lowest BCUT2D eigenvalue weighted by atomic mass is 10.2. The summed E-state index contributed by atoms with van der Waals surface area (Å²) >= 11 is 1.47. The van der Waals surface area contributed by atoms with E-state index in [0.29, 0.717) is 24.5 Å². The summed E-state index contributed by atoms with van der Waals surface area (Å²) in [6.07, 6.45) is 7.23. The van der Waals surface area contributed by atoms with Crippen molar-refractivity contribution in [2.75, 3.05) is 13.2 Å². The van der Waals surface area contributed by atoms with Crippen LogP contribution in [0.3, 0.4) is 0 Å². The molecule has 1 fully saturated rings. The summed E-state index contributed by atoms with van der Waals surface area (Å²) in [7, 11) is 0. The van der Waals surface area contributed by atoms with E-state index >= 15 is 0 Å². The van der Waals surface area contributed by atoms with E-state index in [1.807, 2.05) is 36.1 Å².